The monoisotopic (exact) mass is 328 g/mol. The molecule has 1 rings (SSSR count). The molecule has 0 aromatic carbocycles. The van der Waals surface area contributed by atoms with Crippen molar-refractivity contribution in [3.8, 4) is 0 Å². The van der Waals surface area contributed by atoms with Gasteiger partial charge in [-0.15, -0.1) is 0 Å². The molecule has 6 heteroatoms. The molecule has 6 nitrogen and oxygen atoms in total. The molecule has 0 heterocycles. The molecule has 0 radical (unpaired) electrons. The normalized spacial score (nSPS) is 21.6. The summed E-state index contributed by atoms with van der Waals surface area (Å²) in [5.74, 6) is 0.463. The molecule has 0 unspecified atom stereocenters. The number of hydrogen-bond acceptors (Lipinski definition) is 5. The van der Waals surface area contributed by atoms with Crippen molar-refractivity contribution in [1.82, 2.24) is 10.6 Å². The van der Waals surface area contributed by atoms with Gasteiger partial charge in [-0.3, -0.25) is 4.79 Å². The standard InChI is InChI=1S/C17H32N2O4/c1-13(20)22-12-9-14-5-7-15(8-6-14)18-10-11-19-16(21)23-17(2,3)4/h14-15,18H,5-12H2,1-4H3,(H,19,21). The highest BCUT2D eigenvalue weighted by Gasteiger charge is 2.21. The molecule has 0 spiro atoms. The van der Waals surface area contributed by atoms with Gasteiger partial charge in [0.2, 0.25) is 0 Å². The fourth-order valence-electron chi connectivity index (χ4n) is 2.78. The zero-order valence-corrected chi connectivity index (χ0v) is 14.9. The number of esters is 1. The Balaban J connectivity index is 2.04. The van der Waals surface area contributed by atoms with E-state index in [9.17, 15) is 9.59 Å². The van der Waals surface area contributed by atoms with Gasteiger partial charge in [0.1, 0.15) is 5.60 Å². The summed E-state index contributed by atoms with van der Waals surface area (Å²) in [6.45, 7) is 8.87. The quantitative estimate of drug-likeness (QED) is 0.555. The minimum atomic E-state index is -0.456. The van der Waals surface area contributed by atoms with Crippen LogP contribution in [0.25, 0.3) is 0 Å². The van der Waals surface area contributed by atoms with E-state index in [1.807, 2.05) is 20.8 Å². The van der Waals surface area contributed by atoms with E-state index in [1.165, 1.54) is 19.8 Å². The van der Waals surface area contributed by atoms with E-state index in [1.54, 1.807) is 0 Å². The number of rotatable bonds is 7. The van der Waals surface area contributed by atoms with Gasteiger partial charge >= 0.3 is 12.1 Å². The van der Waals surface area contributed by atoms with Gasteiger partial charge in [-0.2, -0.15) is 0 Å². The SMILES string of the molecule is CC(=O)OCCC1CCC(NCCNC(=O)OC(C)(C)C)CC1. The maximum absolute atomic E-state index is 11.5. The number of nitrogens with one attached hydrogen (secondary N) is 2. The van der Waals surface area contributed by atoms with Crippen LogP contribution in [-0.2, 0) is 14.3 Å². The van der Waals surface area contributed by atoms with Crippen LogP contribution in [0.2, 0.25) is 0 Å². The molecular formula is C17H32N2O4. The van der Waals surface area contributed by atoms with Gasteiger partial charge in [0, 0.05) is 26.1 Å². The highest BCUT2D eigenvalue weighted by molar-refractivity contribution is 5.67. The fourth-order valence-corrected chi connectivity index (χ4v) is 2.78. The Morgan fingerprint density at radius 1 is 1.09 bits per heavy atom. The molecule has 1 saturated carbocycles. The predicted molar refractivity (Wildman–Crippen MR) is 89.2 cm³/mol. The zero-order chi connectivity index (χ0) is 17.3. The van der Waals surface area contributed by atoms with Crippen molar-refractivity contribution in [1.29, 1.82) is 0 Å². The maximum Gasteiger partial charge on any atom is 0.407 e. The van der Waals surface area contributed by atoms with Crippen molar-refractivity contribution >= 4 is 12.1 Å². The first-order valence-corrected chi connectivity index (χ1v) is 8.60. The summed E-state index contributed by atoms with van der Waals surface area (Å²) in [5.41, 5.74) is -0.456. The van der Waals surface area contributed by atoms with Crippen LogP contribution >= 0.6 is 0 Å². The number of ether oxygens (including phenoxy) is 2. The third-order valence-electron chi connectivity index (χ3n) is 3.90. The smallest absolute Gasteiger partial charge is 0.407 e. The Morgan fingerprint density at radius 2 is 1.74 bits per heavy atom. The molecule has 0 aliphatic heterocycles. The second-order valence-corrected chi connectivity index (χ2v) is 7.23. The number of carbonyl (C=O) groups excluding carboxylic acids is 2. The number of amides is 1. The summed E-state index contributed by atoms with van der Waals surface area (Å²) in [7, 11) is 0. The summed E-state index contributed by atoms with van der Waals surface area (Å²) < 4.78 is 10.2. The molecule has 0 saturated heterocycles. The number of carbonyl (C=O) groups is 2. The maximum atomic E-state index is 11.5. The Hall–Kier alpha value is -1.30. The molecule has 23 heavy (non-hydrogen) atoms. The topological polar surface area (TPSA) is 76.7 Å². The number of hydrogen-bond donors (Lipinski definition) is 2. The van der Waals surface area contributed by atoms with Crippen LogP contribution in [0.15, 0.2) is 0 Å². The van der Waals surface area contributed by atoms with Gasteiger partial charge in [-0.25, -0.2) is 4.79 Å². The average molecular weight is 328 g/mol. The molecule has 2 N–H and O–H groups in total. The van der Waals surface area contributed by atoms with E-state index in [-0.39, 0.29) is 12.1 Å². The van der Waals surface area contributed by atoms with Gasteiger partial charge in [0.05, 0.1) is 6.61 Å². The van der Waals surface area contributed by atoms with Crippen LogP contribution in [0.1, 0.15) is 59.8 Å². The molecule has 1 aliphatic carbocycles. The lowest BCUT2D eigenvalue weighted by Crippen LogP contribution is -2.40. The molecule has 1 fully saturated rings. The Bertz CT molecular complexity index is 371. The van der Waals surface area contributed by atoms with Crippen LogP contribution < -0.4 is 10.6 Å². The Morgan fingerprint density at radius 3 is 2.30 bits per heavy atom. The van der Waals surface area contributed by atoms with E-state index in [0.29, 0.717) is 25.1 Å². The summed E-state index contributed by atoms with van der Waals surface area (Å²) in [5, 5.41) is 6.23. The fraction of sp³-hybridized carbons (Fsp3) is 0.882. The first-order valence-electron chi connectivity index (χ1n) is 8.60. The molecular weight excluding hydrogens is 296 g/mol. The van der Waals surface area contributed by atoms with Crippen molar-refractivity contribution in [3.05, 3.63) is 0 Å². The molecule has 0 bridgehead atoms. The highest BCUT2D eigenvalue weighted by Crippen LogP contribution is 2.26. The first kappa shape index (κ1) is 19.7. The van der Waals surface area contributed by atoms with Crippen LogP contribution in [-0.4, -0.2) is 43.4 Å². The van der Waals surface area contributed by atoms with E-state index < -0.39 is 5.60 Å². The Kier molecular flexibility index (Phi) is 8.37. The minimum Gasteiger partial charge on any atom is -0.466 e. The van der Waals surface area contributed by atoms with E-state index in [4.69, 9.17) is 9.47 Å². The van der Waals surface area contributed by atoms with Crippen molar-refractivity contribution in [2.45, 2.75) is 71.4 Å². The molecule has 0 aromatic rings. The summed E-state index contributed by atoms with van der Waals surface area (Å²) in [4.78, 5) is 22.2. The van der Waals surface area contributed by atoms with Crippen LogP contribution in [0.3, 0.4) is 0 Å². The highest BCUT2D eigenvalue weighted by atomic mass is 16.6. The summed E-state index contributed by atoms with van der Waals surface area (Å²) >= 11 is 0. The van der Waals surface area contributed by atoms with Gasteiger partial charge in [0.25, 0.3) is 0 Å². The van der Waals surface area contributed by atoms with E-state index >= 15 is 0 Å². The Labute approximate surface area is 139 Å². The van der Waals surface area contributed by atoms with Crippen LogP contribution in [0.5, 0.6) is 0 Å². The number of alkyl carbamates (subject to hydrolysis) is 1. The predicted octanol–water partition coefficient (Wildman–Crippen LogP) is 2.61. The van der Waals surface area contributed by atoms with Crippen LogP contribution in [0.4, 0.5) is 4.79 Å². The molecule has 134 valence electrons. The average Bonchev–Trinajstić information content (AvgIpc) is 2.43. The minimum absolute atomic E-state index is 0.196. The zero-order valence-electron chi connectivity index (χ0n) is 14.9. The third kappa shape index (κ3) is 10.2. The lowest BCUT2D eigenvalue weighted by Gasteiger charge is -2.29. The second-order valence-electron chi connectivity index (χ2n) is 7.23. The molecule has 1 aliphatic rings. The van der Waals surface area contributed by atoms with Crippen molar-refractivity contribution in [3.63, 3.8) is 0 Å². The summed E-state index contributed by atoms with van der Waals surface area (Å²) in [6, 6.07) is 0.514. The lowest BCUT2D eigenvalue weighted by atomic mass is 9.84. The molecule has 0 aromatic heterocycles. The second kappa shape index (κ2) is 9.75. The van der Waals surface area contributed by atoms with Crippen molar-refractivity contribution in [2.24, 2.45) is 5.92 Å². The van der Waals surface area contributed by atoms with Gasteiger partial charge in [-0.1, -0.05) is 0 Å². The third-order valence-corrected chi connectivity index (χ3v) is 3.90. The molecule has 1 amide bonds. The van der Waals surface area contributed by atoms with Gasteiger partial charge < -0.3 is 20.1 Å². The van der Waals surface area contributed by atoms with Gasteiger partial charge in [-0.05, 0) is 58.8 Å². The first-order chi connectivity index (χ1) is 10.8. The van der Waals surface area contributed by atoms with Gasteiger partial charge in [0.15, 0.2) is 0 Å². The molecule has 0 atom stereocenters. The van der Waals surface area contributed by atoms with E-state index in [0.717, 1.165) is 25.8 Å². The largest absolute Gasteiger partial charge is 0.466 e. The van der Waals surface area contributed by atoms with E-state index in [2.05, 4.69) is 10.6 Å². The van der Waals surface area contributed by atoms with Crippen molar-refractivity contribution in [2.75, 3.05) is 19.7 Å². The van der Waals surface area contributed by atoms with Crippen molar-refractivity contribution < 1.29 is 19.1 Å². The summed E-state index contributed by atoms with van der Waals surface area (Å²) in [6.07, 6.45) is 5.20. The lowest BCUT2D eigenvalue weighted by molar-refractivity contribution is -0.141. The van der Waals surface area contributed by atoms with Crippen LogP contribution in [0, 0.1) is 5.92 Å².